The minimum absolute atomic E-state index is 0.0454. The van der Waals surface area contributed by atoms with Crippen LogP contribution in [0.3, 0.4) is 0 Å². The van der Waals surface area contributed by atoms with Gasteiger partial charge in [0.1, 0.15) is 0 Å². The zero-order chi connectivity index (χ0) is 33.6. The summed E-state index contributed by atoms with van der Waals surface area (Å²) in [7, 11) is 0. The van der Waals surface area contributed by atoms with Crippen LogP contribution in [0.25, 0.3) is 0 Å². The van der Waals surface area contributed by atoms with Crippen LogP contribution in [0.4, 0.5) is 0 Å². The minimum atomic E-state index is -0.663. The van der Waals surface area contributed by atoms with E-state index in [0.29, 0.717) is 12.8 Å². The number of amides is 1. The molecule has 0 aliphatic carbocycles. The fraction of sp³-hybridized carbons (Fsp3) is 0.881. The van der Waals surface area contributed by atoms with Crippen molar-refractivity contribution in [2.24, 2.45) is 0 Å². The molecule has 0 aliphatic rings. The van der Waals surface area contributed by atoms with Crippen molar-refractivity contribution in [2.75, 3.05) is 6.61 Å². The van der Waals surface area contributed by atoms with Gasteiger partial charge in [0.2, 0.25) is 5.91 Å². The Labute approximate surface area is 288 Å². The number of unbranched alkanes of at least 4 members (excludes halogenated alkanes) is 26. The predicted octanol–water partition coefficient (Wildman–Crippen LogP) is 12.5. The zero-order valence-electron chi connectivity index (χ0n) is 31.1. The Hall–Kier alpha value is -1.13. The Morgan fingerprint density at radius 1 is 0.522 bits per heavy atom. The number of allylic oxidation sites excluding steroid dienone is 4. The van der Waals surface area contributed by atoms with Gasteiger partial charge in [0.15, 0.2) is 0 Å². The molecule has 0 rings (SSSR count). The third kappa shape index (κ3) is 34.2. The lowest BCUT2D eigenvalue weighted by Gasteiger charge is -2.22. The molecule has 1 amide bonds. The molecule has 0 saturated heterocycles. The highest BCUT2D eigenvalue weighted by atomic mass is 16.3. The van der Waals surface area contributed by atoms with Gasteiger partial charge in [-0.1, -0.05) is 199 Å². The molecule has 0 fully saturated rings. The molecule has 4 nitrogen and oxygen atoms in total. The number of aliphatic hydroxyl groups excluding tert-OH is 2. The second kappa shape index (κ2) is 38.3. The molecular formula is C42H81NO3. The van der Waals surface area contributed by atoms with Crippen molar-refractivity contribution in [2.45, 2.75) is 231 Å². The molecule has 0 aromatic rings. The molecule has 3 N–H and O–H groups in total. The van der Waals surface area contributed by atoms with Crippen LogP contribution in [-0.4, -0.2) is 34.9 Å². The van der Waals surface area contributed by atoms with Gasteiger partial charge in [-0.25, -0.2) is 0 Å². The largest absolute Gasteiger partial charge is 0.394 e. The van der Waals surface area contributed by atoms with Gasteiger partial charge in [0.25, 0.3) is 0 Å². The fourth-order valence-electron chi connectivity index (χ4n) is 6.28. The van der Waals surface area contributed by atoms with E-state index in [-0.39, 0.29) is 12.5 Å². The van der Waals surface area contributed by atoms with E-state index in [4.69, 9.17) is 0 Å². The SMILES string of the molecule is CCC/C=C\C/C=C\CCCCCCCC(=O)NC(CO)C(O)CCCCCCCCCCCCCCCCCCCCCCC. The monoisotopic (exact) mass is 648 g/mol. The summed E-state index contributed by atoms with van der Waals surface area (Å²) in [5.41, 5.74) is 0. The Balaban J connectivity index is 3.50. The number of carbonyl (C=O) groups excluding carboxylic acids is 1. The average Bonchev–Trinajstić information content (AvgIpc) is 3.06. The third-order valence-electron chi connectivity index (χ3n) is 9.45. The molecule has 4 heteroatoms. The highest BCUT2D eigenvalue weighted by Gasteiger charge is 2.19. The molecule has 2 unspecified atom stereocenters. The summed E-state index contributed by atoms with van der Waals surface area (Å²) in [6.45, 7) is 4.29. The molecule has 0 aromatic carbocycles. The number of nitrogens with one attached hydrogen (secondary N) is 1. The van der Waals surface area contributed by atoms with Crippen LogP contribution in [0.15, 0.2) is 24.3 Å². The van der Waals surface area contributed by atoms with E-state index in [2.05, 4.69) is 43.5 Å². The van der Waals surface area contributed by atoms with Gasteiger partial charge >= 0.3 is 0 Å². The minimum Gasteiger partial charge on any atom is -0.394 e. The molecule has 0 saturated carbocycles. The Kier molecular flexibility index (Phi) is 37.4. The topological polar surface area (TPSA) is 69.6 Å². The summed E-state index contributed by atoms with van der Waals surface area (Å²) >= 11 is 0. The van der Waals surface area contributed by atoms with E-state index < -0.39 is 12.1 Å². The molecule has 0 bridgehead atoms. The summed E-state index contributed by atoms with van der Waals surface area (Å²) in [6.07, 6.45) is 48.2. The number of aliphatic hydroxyl groups is 2. The van der Waals surface area contributed by atoms with Crippen LogP contribution in [0.2, 0.25) is 0 Å². The molecule has 46 heavy (non-hydrogen) atoms. The lowest BCUT2D eigenvalue weighted by Crippen LogP contribution is -2.45. The van der Waals surface area contributed by atoms with Crippen molar-refractivity contribution >= 4 is 5.91 Å². The lowest BCUT2D eigenvalue weighted by atomic mass is 10.0. The third-order valence-corrected chi connectivity index (χ3v) is 9.45. The van der Waals surface area contributed by atoms with Gasteiger partial charge in [-0.15, -0.1) is 0 Å². The molecule has 2 atom stereocenters. The Morgan fingerprint density at radius 3 is 1.39 bits per heavy atom. The maximum absolute atomic E-state index is 12.3. The first kappa shape index (κ1) is 44.9. The fourth-order valence-corrected chi connectivity index (χ4v) is 6.28. The van der Waals surface area contributed by atoms with E-state index in [1.807, 2.05) is 0 Å². The molecule has 0 aromatic heterocycles. The number of rotatable bonds is 37. The highest BCUT2D eigenvalue weighted by molar-refractivity contribution is 5.76. The molecular weight excluding hydrogens is 566 g/mol. The van der Waals surface area contributed by atoms with Crippen molar-refractivity contribution in [3.8, 4) is 0 Å². The summed E-state index contributed by atoms with van der Waals surface area (Å²) in [4.78, 5) is 12.3. The van der Waals surface area contributed by atoms with Gasteiger partial charge in [0.05, 0.1) is 18.8 Å². The average molecular weight is 648 g/mol. The maximum atomic E-state index is 12.3. The van der Waals surface area contributed by atoms with Crippen molar-refractivity contribution in [3.63, 3.8) is 0 Å². The van der Waals surface area contributed by atoms with Crippen molar-refractivity contribution in [3.05, 3.63) is 24.3 Å². The van der Waals surface area contributed by atoms with Crippen molar-refractivity contribution < 1.29 is 15.0 Å². The molecule has 0 radical (unpaired) electrons. The second-order valence-corrected chi connectivity index (χ2v) is 14.1. The predicted molar refractivity (Wildman–Crippen MR) is 202 cm³/mol. The van der Waals surface area contributed by atoms with Gasteiger partial charge in [-0.2, -0.15) is 0 Å². The molecule has 0 spiro atoms. The first-order chi connectivity index (χ1) is 22.7. The van der Waals surface area contributed by atoms with Crippen molar-refractivity contribution in [1.82, 2.24) is 5.32 Å². The van der Waals surface area contributed by atoms with E-state index in [9.17, 15) is 15.0 Å². The van der Waals surface area contributed by atoms with E-state index in [1.54, 1.807) is 0 Å². The van der Waals surface area contributed by atoms with E-state index in [1.165, 1.54) is 148 Å². The molecule has 0 heterocycles. The van der Waals surface area contributed by atoms with Gasteiger partial charge in [-0.05, 0) is 38.5 Å². The first-order valence-corrected chi connectivity index (χ1v) is 20.5. The van der Waals surface area contributed by atoms with E-state index >= 15 is 0 Å². The summed E-state index contributed by atoms with van der Waals surface area (Å²) in [5, 5.41) is 23.1. The van der Waals surface area contributed by atoms with Crippen LogP contribution in [0, 0.1) is 0 Å². The molecule has 0 aliphatic heterocycles. The number of hydrogen-bond donors (Lipinski definition) is 3. The van der Waals surface area contributed by atoms with E-state index in [0.717, 1.165) is 44.9 Å². The second-order valence-electron chi connectivity index (χ2n) is 14.1. The Morgan fingerprint density at radius 2 is 0.935 bits per heavy atom. The lowest BCUT2D eigenvalue weighted by molar-refractivity contribution is -0.123. The maximum Gasteiger partial charge on any atom is 0.220 e. The summed E-state index contributed by atoms with van der Waals surface area (Å²) in [6, 6.07) is -0.541. The highest BCUT2D eigenvalue weighted by Crippen LogP contribution is 2.16. The standard InChI is InChI=1S/C42H81NO3/c1-3-5-7-9-11-13-15-17-18-19-20-21-22-23-24-26-27-29-31-33-35-37-41(45)40(39-44)43-42(46)38-36-34-32-30-28-25-16-14-12-10-8-6-4-2/h8,10,14,16,40-41,44-45H,3-7,9,11-13,15,17-39H2,1-2H3,(H,43,46)/b10-8-,16-14-. The van der Waals surface area contributed by atoms with Crippen molar-refractivity contribution in [1.29, 1.82) is 0 Å². The quantitative estimate of drug-likeness (QED) is 0.0464. The summed E-state index contributed by atoms with van der Waals surface area (Å²) in [5.74, 6) is -0.0454. The smallest absolute Gasteiger partial charge is 0.220 e. The van der Waals surface area contributed by atoms with Gasteiger partial charge in [0, 0.05) is 6.42 Å². The van der Waals surface area contributed by atoms with Gasteiger partial charge in [-0.3, -0.25) is 4.79 Å². The van der Waals surface area contributed by atoms with Crippen LogP contribution in [-0.2, 0) is 4.79 Å². The van der Waals surface area contributed by atoms with Crippen LogP contribution in [0.1, 0.15) is 219 Å². The zero-order valence-corrected chi connectivity index (χ0v) is 31.1. The Bertz CT molecular complexity index is 661. The van der Waals surface area contributed by atoms with Crippen LogP contribution >= 0.6 is 0 Å². The number of carbonyl (C=O) groups is 1. The van der Waals surface area contributed by atoms with Crippen LogP contribution in [0.5, 0.6) is 0 Å². The summed E-state index contributed by atoms with van der Waals surface area (Å²) < 4.78 is 0. The van der Waals surface area contributed by atoms with Gasteiger partial charge < -0.3 is 15.5 Å². The van der Waals surface area contributed by atoms with Crippen LogP contribution < -0.4 is 5.32 Å². The first-order valence-electron chi connectivity index (χ1n) is 20.5. The number of hydrogen-bond acceptors (Lipinski definition) is 3. The molecule has 272 valence electrons. The normalized spacial score (nSPS) is 13.2.